The average Bonchev–Trinajstić information content (AvgIpc) is 2.27. The van der Waals surface area contributed by atoms with Gasteiger partial charge in [0.2, 0.25) is 0 Å². The molecule has 2 unspecified atom stereocenters. The normalized spacial score (nSPS) is 25.9. The molecule has 0 saturated carbocycles. The molecule has 1 aliphatic heterocycles. The molecule has 2 rings (SSSR count). The number of nitrogens with zero attached hydrogens (tertiary/aromatic N) is 1. The van der Waals surface area contributed by atoms with E-state index in [-0.39, 0.29) is 5.82 Å². The number of benzene rings is 1. The number of likely N-dealkylation sites (tertiary alicyclic amines) is 1. The summed E-state index contributed by atoms with van der Waals surface area (Å²) in [6, 6.07) is 5.65. The third-order valence-electron chi connectivity index (χ3n) is 3.50. The zero-order valence-corrected chi connectivity index (χ0v) is 11.0. The fourth-order valence-corrected chi connectivity index (χ4v) is 2.41. The third kappa shape index (κ3) is 3.11. The minimum atomic E-state index is -0.274. The van der Waals surface area contributed by atoms with E-state index in [0.717, 1.165) is 19.4 Å². The van der Waals surface area contributed by atoms with Crippen LogP contribution in [0.15, 0.2) is 18.2 Å². The lowest BCUT2D eigenvalue weighted by Gasteiger charge is -2.35. The average molecular weight is 257 g/mol. The molecule has 1 saturated heterocycles. The lowest BCUT2D eigenvalue weighted by molar-refractivity contribution is 0.190. The molecule has 0 spiro atoms. The van der Waals surface area contributed by atoms with Gasteiger partial charge in [0.05, 0.1) is 5.69 Å². The number of rotatable bonds is 2. The van der Waals surface area contributed by atoms with E-state index >= 15 is 0 Å². The topological polar surface area (TPSA) is 15.3 Å². The van der Waals surface area contributed by atoms with Gasteiger partial charge in [-0.2, -0.15) is 0 Å². The van der Waals surface area contributed by atoms with Gasteiger partial charge < -0.3 is 10.2 Å². The molecule has 0 aliphatic carbocycles. The molecule has 1 aliphatic rings. The van der Waals surface area contributed by atoms with Crippen LogP contribution in [0.1, 0.15) is 19.8 Å². The number of hydrogen-bond donors (Lipinski definition) is 1. The Kier molecular flexibility index (Phi) is 3.89. The smallest absolute Gasteiger partial charge is 0.147 e. The van der Waals surface area contributed by atoms with Crippen LogP contribution in [-0.4, -0.2) is 30.6 Å². The lowest BCUT2D eigenvalue weighted by Crippen LogP contribution is -2.42. The fourth-order valence-electron chi connectivity index (χ4n) is 2.25. The van der Waals surface area contributed by atoms with Gasteiger partial charge in [0.25, 0.3) is 0 Å². The molecule has 1 heterocycles. The standard InChI is InChI=1S/C13H18ClFN2/c1-9-7-11(5-6-17(9)2)16-13-4-3-10(14)8-12(13)15/h3-4,8-9,11,16H,5-7H2,1-2H3. The Bertz CT molecular complexity index is 397. The minimum Gasteiger partial charge on any atom is -0.380 e. The van der Waals surface area contributed by atoms with Gasteiger partial charge >= 0.3 is 0 Å². The van der Waals surface area contributed by atoms with E-state index < -0.39 is 0 Å². The Labute approximate surface area is 107 Å². The second-order valence-corrected chi connectivity index (χ2v) is 5.26. The van der Waals surface area contributed by atoms with Gasteiger partial charge in [-0.05, 0) is 45.0 Å². The molecule has 17 heavy (non-hydrogen) atoms. The molecule has 0 bridgehead atoms. The van der Waals surface area contributed by atoms with Crippen molar-refractivity contribution < 1.29 is 4.39 Å². The van der Waals surface area contributed by atoms with Gasteiger partial charge in [-0.1, -0.05) is 11.6 Å². The maximum Gasteiger partial charge on any atom is 0.147 e. The monoisotopic (exact) mass is 256 g/mol. The fraction of sp³-hybridized carbons (Fsp3) is 0.538. The van der Waals surface area contributed by atoms with Gasteiger partial charge in [0, 0.05) is 23.7 Å². The van der Waals surface area contributed by atoms with Crippen molar-refractivity contribution in [2.45, 2.75) is 31.8 Å². The van der Waals surface area contributed by atoms with Crippen molar-refractivity contribution in [1.29, 1.82) is 0 Å². The summed E-state index contributed by atoms with van der Waals surface area (Å²) in [5.41, 5.74) is 0.552. The summed E-state index contributed by atoms with van der Waals surface area (Å²) in [5, 5.41) is 3.70. The zero-order valence-electron chi connectivity index (χ0n) is 10.2. The number of anilines is 1. The van der Waals surface area contributed by atoms with Crippen LogP contribution in [0.25, 0.3) is 0 Å². The third-order valence-corrected chi connectivity index (χ3v) is 3.73. The van der Waals surface area contributed by atoms with E-state index in [1.54, 1.807) is 12.1 Å². The lowest BCUT2D eigenvalue weighted by atomic mass is 9.98. The Balaban J connectivity index is 2.01. The summed E-state index contributed by atoms with van der Waals surface area (Å²) < 4.78 is 13.6. The zero-order chi connectivity index (χ0) is 12.4. The summed E-state index contributed by atoms with van der Waals surface area (Å²) in [5.74, 6) is -0.274. The van der Waals surface area contributed by atoms with Crippen molar-refractivity contribution in [2.24, 2.45) is 0 Å². The van der Waals surface area contributed by atoms with Gasteiger partial charge in [0.15, 0.2) is 0 Å². The van der Waals surface area contributed by atoms with Gasteiger partial charge in [-0.15, -0.1) is 0 Å². The Morgan fingerprint density at radius 1 is 1.47 bits per heavy atom. The molecule has 2 nitrogen and oxygen atoms in total. The van der Waals surface area contributed by atoms with E-state index in [9.17, 15) is 4.39 Å². The van der Waals surface area contributed by atoms with E-state index in [1.807, 2.05) is 0 Å². The molecule has 1 aromatic rings. The molecule has 1 aromatic carbocycles. The largest absolute Gasteiger partial charge is 0.380 e. The molecular weight excluding hydrogens is 239 g/mol. The van der Waals surface area contributed by atoms with Crippen LogP contribution in [0.2, 0.25) is 5.02 Å². The number of nitrogens with one attached hydrogen (secondary N) is 1. The first-order valence-electron chi connectivity index (χ1n) is 5.98. The van der Waals surface area contributed by atoms with Crippen LogP contribution in [0, 0.1) is 5.82 Å². The van der Waals surface area contributed by atoms with Crippen molar-refractivity contribution in [2.75, 3.05) is 18.9 Å². The number of hydrogen-bond acceptors (Lipinski definition) is 2. The van der Waals surface area contributed by atoms with Gasteiger partial charge in [0.1, 0.15) is 5.82 Å². The highest BCUT2D eigenvalue weighted by Crippen LogP contribution is 2.23. The van der Waals surface area contributed by atoms with E-state index in [1.165, 1.54) is 6.07 Å². The highest BCUT2D eigenvalue weighted by molar-refractivity contribution is 6.30. The SMILES string of the molecule is CC1CC(Nc2ccc(Cl)cc2F)CCN1C. The first kappa shape index (κ1) is 12.7. The first-order valence-corrected chi connectivity index (χ1v) is 6.36. The van der Waals surface area contributed by atoms with E-state index in [0.29, 0.717) is 22.8 Å². The molecule has 1 N–H and O–H groups in total. The Morgan fingerprint density at radius 3 is 2.88 bits per heavy atom. The van der Waals surface area contributed by atoms with Crippen LogP contribution in [0.4, 0.5) is 10.1 Å². The van der Waals surface area contributed by atoms with Gasteiger partial charge in [-0.25, -0.2) is 4.39 Å². The Morgan fingerprint density at radius 2 is 2.24 bits per heavy atom. The maximum atomic E-state index is 13.6. The van der Waals surface area contributed by atoms with E-state index in [2.05, 4.69) is 24.2 Å². The highest BCUT2D eigenvalue weighted by atomic mass is 35.5. The van der Waals surface area contributed by atoms with Crippen molar-refractivity contribution in [3.05, 3.63) is 29.0 Å². The second kappa shape index (κ2) is 5.23. The molecule has 94 valence electrons. The first-order chi connectivity index (χ1) is 8.06. The molecular formula is C13H18ClFN2. The maximum absolute atomic E-state index is 13.6. The van der Waals surface area contributed by atoms with Crippen molar-refractivity contribution in [3.63, 3.8) is 0 Å². The molecule has 2 atom stereocenters. The highest BCUT2D eigenvalue weighted by Gasteiger charge is 2.23. The van der Waals surface area contributed by atoms with Crippen LogP contribution in [0.5, 0.6) is 0 Å². The summed E-state index contributed by atoms with van der Waals surface area (Å²) in [6.45, 7) is 3.25. The predicted octanol–water partition coefficient (Wildman–Crippen LogP) is 3.37. The quantitative estimate of drug-likeness (QED) is 0.873. The van der Waals surface area contributed by atoms with E-state index in [4.69, 9.17) is 11.6 Å². The van der Waals surface area contributed by atoms with Crippen molar-refractivity contribution >= 4 is 17.3 Å². The molecule has 0 amide bonds. The number of halogens is 2. The van der Waals surface area contributed by atoms with Crippen LogP contribution in [-0.2, 0) is 0 Å². The summed E-state index contributed by atoms with van der Waals surface area (Å²) in [7, 11) is 2.13. The van der Waals surface area contributed by atoms with Gasteiger partial charge in [-0.3, -0.25) is 0 Å². The number of piperidine rings is 1. The van der Waals surface area contributed by atoms with Crippen molar-refractivity contribution in [1.82, 2.24) is 4.90 Å². The summed E-state index contributed by atoms with van der Waals surface area (Å²) in [6.07, 6.45) is 2.08. The minimum absolute atomic E-state index is 0.274. The molecule has 1 fully saturated rings. The molecule has 0 aromatic heterocycles. The second-order valence-electron chi connectivity index (χ2n) is 4.82. The van der Waals surface area contributed by atoms with Crippen LogP contribution in [0.3, 0.4) is 0 Å². The summed E-state index contributed by atoms with van der Waals surface area (Å²) >= 11 is 5.73. The molecule has 0 radical (unpaired) electrons. The Hall–Kier alpha value is -0.800. The van der Waals surface area contributed by atoms with Crippen molar-refractivity contribution in [3.8, 4) is 0 Å². The predicted molar refractivity (Wildman–Crippen MR) is 70.1 cm³/mol. The van der Waals surface area contributed by atoms with Crippen LogP contribution < -0.4 is 5.32 Å². The van der Waals surface area contributed by atoms with Crippen LogP contribution >= 0.6 is 11.6 Å². The molecule has 4 heteroatoms. The summed E-state index contributed by atoms with van der Waals surface area (Å²) in [4.78, 5) is 2.33.